The Balaban J connectivity index is 0.000000590. The number of aromatic hydroxyl groups is 2. The SMILES string of the molecule is COc1c(Cl)ccc(Cl)c1C(=O)Cl.COc1c(Cl)ccc(Cl)c1C(=O)Cl.Cl.Cl.[C-]#[N+]c1cc(Br)c(O)c(Br)c1.[C-]#[N+]c1cc(Br)c(OC(=O)c2c(Cl)ccc(Cl)c2OC)c(Br)c1.[C-]#[N+]c1cc(I)c(O)c(I)c1.[C-]#[N+]c1cc(I)c(OC(=O)c2c(Cl)ccc(Cl)c2OC)c(I)c1. The van der Waals surface area contributed by atoms with Gasteiger partial charge in [0.1, 0.15) is 22.6 Å². The normalized spacial score (nSPS) is 9.60. The summed E-state index contributed by atoms with van der Waals surface area (Å²) in [5.41, 5.74) is 2.19. The molecule has 96 heavy (non-hydrogen) atoms. The van der Waals surface area contributed by atoms with E-state index in [9.17, 15) is 29.4 Å². The van der Waals surface area contributed by atoms with Gasteiger partial charge in [-0.3, -0.25) is 9.59 Å². The van der Waals surface area contributed by atoms with Crippen LogP contribution in [0.3, 0.4) is 0 Å². The van der Waals surface area contributed by atoms with Crippen molar-refractivity contribution in [3.8, 4) is 46.0 Å². The van der Waals surface area contributed by atoms with E-state index in [1.165, 1.54) is 89.1 Å². The minimum absolute atomic E-state index is 0. The summed E-state index contributed by atoms with van der Waals surface area (Å²) in [6, 6.07) is 24.9. The van der Waals surface area contributed by atoms with Crippen molar-refractivity contribution in [2.45, 2.75) is 0 Å². The molecule has 0 aromatic heterocycles. The number of hydrogen-bond acceptors (Lipinski definition) is 12. The zero-order valence-electron chi connectivity index (χ0n) is 47.6. The molecule has 8 aromatic rings. The summed E-state index contributed by atoms with van der Waals surface area (Å²) in [5.74, 6) is 0.259. The number of benzene rings is 8. The topological polar surface area (TPSA) is 182 Å². The molecule has 8 rings (SSSR count). The number of carbonyl (C=O) groups excluding carboxylic acids is 4. The van der Waals surface area contributed by atoms with Gasteiger partial charge in [0, 0.05) is 14.3 Å². The summed E-state index contributed by atoms with van der Waals surface area (Å²) >= 11 is 78.5. The number of hydrogen-bond donors (Lipinski definition) is 2. The molecule has 0 spiro atoms. The Morgan fingerprint density at radius 3 is 0.854 bits per heavy atom. The summed E-state index contributed by atoms with van der Waals surface area (Å²) in [5, 5.41) is 19.0. The Labute approximate surface area is 699 Å². The number of methoxy groups -OCH3 is 4. The van der Waals surface area contributed by atoms with Crippen LogP contribution >= 0.6 is 295 Å². The van der Waals surface area contributed by atoms with Crippen molar-refractivity contribution in [1.29, 1.82) is 0 Å². The van der Waals surface area contributed by atoms with Crippen LogP contribution in [0, 0.1) is 40.6 Å². The van der Waals surface area contributed by atoms with Gasteiger partial charge >= 0.3 is 11.9 Å². The summed E-state index contributed by atoms with van der Waals surface area (Å²) in [7, 11) is 5.55. The second kappa shape index (κ2) is 44.5. The number of halogens is 20. The maximum absolute atomic E-state index is 12.5. The number of esters is 2. The minimum Gasteiger partial charge on any atom is -0.506 e. The van der Waals surface area contributed by atoms with Crippen molar-refractivity contribution >= 4 is 340 Å². The summed E-state index contributed by atoms with van der Waals surface area (Å²) in [6.45, 7) is 27.5. The highest BCUT2D eigenvalue weighted by Gasteiger charge is 2.26. The fourth-order valence-electron chi connectivity index (χ4n) is 6.62. The van der Waals surface area contributed by atoms with Crippen molar-refractivity contribution in [2.75, 3.05) is 28.4 Å². The Morgan fingerprint density at radius 1 is 0.365 bits per heavy atom. The van der Waals surface area contributed by atoms with E-state index in [0.29, 0.717) is 63.6 Å². The second-order valence-corrected chi connectivity index (χ2v) is 28.5. The molecule has 2 N–H and O–H groups in total. The number of phenols is 2. The molecule has 0 amide bonds. The van der Waals surface area contributed by atoms with E-state index in [2.05, 4.69) is 83.1 Å². The van der Waals surface area contributed by atoms with E-state index in [1.54, 1.807) is 36.4 Å². The smallest absolute Gasteiger partial charge is 0.348 e. The first-order valence-corrected chi connectivity index (χ1v) is 35.2. The van der Waals surface area contributed by atoms with Gasteiger partial charge in [-0.2, -0.15) is 0 Å². The molecular formula is C60H32Br4Cl12I4N4O12. The van der Waals surface area contributed by atoms with Crippen molar-refractivity contribution in [2.24, 2.45) is 0 Å². The molecule has 0 aliphatic rings. The number of nitrogens with zero attached hydrogens (tertiary/aromatic N) is 4. The predicted octanol–water partition coefficient (Wildman–Crippen LogP) is 26.5. The molecule has 0 bridgehead atoms. The van der Waals surface area contributed by atoms with Crippen LogP contribution in [0.15, 0.2) is 115 Å². The molecule has 0 unspecified atom stereocenters. The quantitative estimate of drug-likeness (QED) is 0.0435. The lowest BCUT2D eigenvalue weighted by Crippen LogP contribution is -2.12. The van der Waals surface area contributed by atoms with Gasteiger partial charge in [0.2, 0.25) is 0 Å². The van der Waals surface area contributed by atoms with E-state index in [-0.39, 0.29) is 117 Å². The van der Waals surface area contributed by atoms with Crippen LogP contribution in [0.5, 0.6) is 46.0 Å². The highest BCUT2D eigenvalue weighted by Crippen LogP contribution is 2.43. The molecule has 36 heteroatoms. The van der Waals surface area contributed by atoms with E-state index in [0.717, 1.165) is 7.14 Å². The first-order chi connectivity index (χ1) is 44.2. The first-order valence-electron chi connectivity index (χ1n) is 24.0. The molecule has 504 valence electrons. The van der Waals surface area contributed by atoms with Crippen molar-refractivity contribution in [3.63, 3.8) is 0 Å². The van der Waals surface area contributed by atoms with Crippen LogP contribution in [0.2, 0.25) is 40.2 Å². The Kier molecular flexibility index (Phi) is 42.2. The van der Waals surface area contributed by atoms with Gasteiger partial charge < -0.3 is 38.6 Å². The van der Waals surface area contributed by atoms with Gasteiger partial charge in [0.15, 0.2) is 57.2 Å². The number of carbonyl (C=O) groups is 4. The largest absolute Gasteiger partial charge is 0.506 e. The third kappa shape index (κ3) is 25.9. The minimum atomic E-state index is -0.730. The van der Waals surface area contributed by atoms with Crippen LogP contribution in [0.1, 0.15) is 41.4 Å². The lowest BCUT2D eigenvalue weighted by atomic mass is 10.2. The Morgan fingerprint density at radius 2 is 0.594 bits per heavy atom. The highest BCUT2D eigenvalue weighted by atomic mass is 127. The van der Waals surface area contributed by atoms with E-state index < -0.39 is 22.4 Å². The third-order valence-electron chi connectivity index (χ3n) is 10.7. The van der Waals surface area contributed by atoms with Gasteiger partial charge in [-0.25, -0.2) is 29.0 Å². The van der Waals surface area contributed by atoms with Gasteiger partial charge in [-0.05, 0) is 274 Å². The molecule has 0 fully saturated rings. The maximum atomic E-state index is 12.5. The van der Waals surface area contributed by atoms with Crippen LogP contribution in [-0.4, -0.2) is 61.1 Å². The molecule has 0 heterocycles. The summed E-state index contributed by atoms with van der Waals surface area (Å²) in [4.78, 5) is 60.0. The maximum Gasteiger partial charge on any atom is 0.348 e. The molecule has 0 aliphatic heterocycles. The molecular weight excluding hydrogens is 2220 g/mol. The molecule has 0 saturated heterocycles. The van der Waals surface area contributed by atoms with Crippen LogP contribution in [0.4, 0.5) is 22.7 Å². The average Bonchev–Trinajstić information content (AvgIpc) is 0.822. The van der Waals surface area contributed by atoms with Crippen LogP contribution < -0.4 is 28.4 Å². The molecule has 8 aromatic carbocycles. The Hall–Kier alpha value is -2.88. The molecule has 0 atom stereocenters. The predicted molar refractivity (Wildman–Crippen MR) is 433 cm³/mol. The number of rotatable bonds is 10. The molecule has 0 saturated carbocycles. The lowest BCUT2D eigenvalue weighted by Gasteiger charge is -2.13. The van der Waals surface area contributed by atoms with Crippen molar-refractivity contribution in [3.05, 3.63) is 237 Å². The standard InChI is InChI=1S/C15H7Br2Cl2NO3.C15H7Cl2I2NO3.2C8H5Cl3O2.C7H3Br2NO.C7H3I2NO.2ClH/c1-20-7-5-8(16)13(9(17)6-7)23-15(21)12-10(18)3-4-11(19)14(12)22-2;1-20-7-5-10(18)14(11(19)6-7)23-15(21)12-8(16)3-4-9(17)13(12)22-2;2*1-13-7-5(10)3-2-4(9)6(7)8(11)12;2*1-10-4-2-5(8)7(11)6(9)3-4;;/h2*3-6H,2H3;2*2-3H,1H3;2*2-3,11H;2*1H. The monoisotopic (exact) mass is 2240 g/mol. The molecule has 0 aliphatic carbocycles. The zero-order valence-corrected chi connectivity index (χ0v) is 71.8. The van der Waals surface area contributed by atoms with E-state index >= 15 is 0 Å². The van der Waals surface area contributed by atoms with Gasteiger partial charge in [0.05, 0.1) is 124 Å². The fourth-order valence-corrected chi connectivity index (χ4v) is 15.1. The summed E-state index contributed by atoms with van der Waals surface area (Å²) < 4.78 is 35.6. The molecule has 16 nitrogen and oxygen atoms in total. The number of phenolic OH excluding ortho intramolecular Hbond substituents is 2. The molecule has 0 radical (unpaired) electrons. The van der Waals surface area contributed by atoms with Gasteiger partial charge in [-0.1, -0.05) is 92.8 Å². The first kappa shape index (κ1) is 91.1. The van der Waals surface area contributed by atoms with Crippen molar-refractivity contribution < 1.29 is 57.8 Å². The van der Waals surface area contributed by atoms with E-state index in [4.69, 9.17) is 171 Å². The second-order valence-electron chi connectivity index (χ2n) is 16.5. The van der Waals surface area contributed by atoms with Crippen molar-refractivity contribution in [1.82, 2.24) is 0 Å². The highest BCUT2D eigenvalue weighted by molar-refractivity contribution is 14.1. The third-order valence-corrected chi connectivity index (χ3v) is 19.2. The van der Waals surface area contributed by atoms with Gasteiger partial charge in [0.25, 0.3) is 10.5 Å². The lowest BCUT2D eigenvalue weighted by molar-refractivity contribution is 0.0719. The fraction of sp³-hybridized carbons (Fsp3) is 0.0667. The van der Waals surface area contributed by atoms with Gasteiger partial charge in [-0.15, -0.1) is 24.8 Å². The van der Waals surface area contributed by atoms with Crippen LogP contribution in [-0.2, 0) is 0 Å². The zero-order chi connectivity index (χ0) is 71.2. The van der Waals surface area contributed by atoms with E-state index in [1.807, 2.05) is 90.4 Å². The Bertz CT molecular complexity index is 4060. The summed E-state index contributed by atoms with van der Waals surface area (Å²) in [6.07, 6.45) is 0. The van der Waals surface area contributed by atoms with Crippen LogP contribution in [0.25, 0.3) is 19.4 Å². The average molecular weight is 2250 g/mol. The number of ether oxygens (including phenoxy) is 6.